The van der Waals surface area contributed by atoms with Crippen molar-refractivity contribution in [2.45, 2.75) is 58.5 Å². The van der Waals surface area contributed by atoms with Crippen LogP contribution in [0, 0.1) is 11.8 Å². The van der Waals surface area contributed by atoms with Crippen LogP contribution in [0.2, 0.25) is 0 Å². The van der Waals surface area contributed by atoms with Crippen LogP contribution in [0.1, 0.15) is 70.0 Å². The standard InChI is InChI=1S/C15H24O2/c1-4-5-10(2)8-13(16)15-7-6-14(17-15)12-9-11(12)3/h6-7,10-13,16H,4-5,8-9H2,1-3H3. The summed E-state index contributed by atoms with van der Waals surface area (Å²) in [5.41, 5.74) is 0. The van der Waals surface area contributed by atoms with Crippen molar-refractivity contribution >= 4 is 0 Å². The number of furan rings is 1. The molecule has 96 valence electrons. The molecule has 1 aromatic heterocycles. The van der Waals surface area contributed by atoms with E-state index in [0.29, 0.717) is 11.8 Å². The molecule has 0 aromatic carbocycles. The van der Waals surface area contributed by atoms with Gasteiger partial charge in [-0.1, -0.05) is 33.6 Å². The smallest absolute Gasteiger partial charge is 0.132 e. The molecular weight excluding hydrogens is 212 g/mol. The highest BCUT2D eigenvalue weighted by molar-refractivity contribution is 5.18. The van der Waals surface area contributed by atoms with E-state index in [1.165, 1.54) is 19.3 Å². The lowest BCUT2D eigenvalue weighted by Gasteiger charge is -2.13. The minimum atomic E-state index is -0.431. The van der Waals surface area contributed by atoms with Crippen molar-refractivity contribution in [3.05, 3.63) is 23.7 Å². The molecule has 0 saturated heterocycles. The van der Waals surface area contributed by atoms with Gasteiger partial charge in [-0.2, -0.15) is 0 Å². The lowest BCUT2D eigenvalue weighted by molar-refractivity contribution is 0.119. The van der Waals surface area contributed by atoms with Crippen molar-refractivity contribution in [3.8, 4) is 0 Å². The molecule has 1 aliphatic carbocycles. The summed E-state index contributed by atoms with van der Waals surface area (Å²) in [7, 11) is 0. The molecule has 17 heavy (non-hydrogen) atoms. The zero-order chi connectivity index (χ0) is 12.4. The van der Waals surface area contributed by atoms with Crippen molar-refractivity contribution < 1.29 is 9.52 Å². The summed E-state index contributed by atoms with van der Waals surface area (Å²) in [5, 5.41) is 10.1. The van der Waals surface area contributed by atoms with Crippen molar-refractivity contribution in [1.29, 1.82) is 0 Å². The molecule has 0 spiro atoms. The Labute approximate surface area is 104 Å². The van der Waals surface area contributed by atoms with Gasteiger partial charge in [-0.05, 0) is 36.8 Å². The summed E-state index contributed by atoms with van der Waals surface area (Å²) in [6, 6.07) is 3.99. The van der Waals surface area contributed by atoms with Crippen LogP contribution in [0.4, 0.5) is 0 Å². The topological polar surface area (TPSA) is 33.4 Å². The first-order valence-electron chi connectivity index (χ1n) is 6.89. The summed E-state index contributed by atoms with van der Waals surface area (Å²) in [6.07, 6.45) is 3.96. The molecule has 1 heterocycles. The quantitative estimate of drug-likeness (QED) is 0.800. The Hall–Kier alpha value is -0.760. The lowest BCUT2D eigenvalue weighted by atomic mass is 9.98. The van der Waals surface area contributed by atoms with E-state index in [1.807, 2.05) is 12.1 Å². The van der Waals surface area contributed by atoms with E-state index in [9.17, 15) is 5.11 Å². The van der Waals surface area contributed by atoms with Crippen molar-refractivity contribution in [3.63, 3.8) is 0 Å². The molecule has 2 nitrogen and oxygen atoms in total. The van der Waals surface area contributed by atoms with Gasteiger partial charge in [0.2, 0.25) is 0 Å². The Balaban J connectivity index is 1.90. The van der Waals surface area contributed by atoms with E-state index in [2.05, 4.69) is 20.8 Å². The first-order valence-corrected chi connectivity index (χ1v) is 6.89. The SMILES string of the molecule is CCCC(C)CC(O)c1ccc(C2CC2C)o1. The summed E-state index contributed by atoms with van der Waals surface area (Å²) < 4.78 is 5.77. The average Bonchev–Trinajstić information content (AvgIpc) is 2.81. The number of hydrogen-bond acceptors (Lipinski definition) is 2. The highest BCUT2D eigenvalue weighted by Crippen LogP contribution is 2.47. The molecule has 0 aliphatic heterocycles. The maximum Gasteiger partial charge on any atom is 0.132 e. The zero-order valence-electron chi connectivity index (χ0n) is 11.1. The summed E-state index contributed by atoms with van der Waals surface area (Å²) >= 11 is 0. The molecule has 2 heteroatoms. The van der Waals surface area contributed by atoms with Gasteiger partial charge in [-0.3, -0.25) is 0 Å². The Bertz CT molecular complexity index is 356. The number of aliphatic hydroxyl groups excluding tert-OH is 1. The normalized spacial score (nSPS) is 26.8. The summed E-state index contributed by atoms with van der Waals surface area (Å²) in [6.45, 7) is 6.62. The van der Waals surface area contributed by atoms with Gasteiger partial charge in [0.25, 0.3) is 0 Å². The van der Waals surface area contributed by atoms with E-state index in [4.69, 9.17) is 4.42 Å². The van der Waals surface area contributed by atoms with Gasteiger partial charge in [-0.15, -0.1) is 0 Å². The number of hydrogen-bond donors (Lipinski definition) is 1. The van der Waals surface area contributed by atoms with Crippen LogP contribution >= 0.6 is 0 Å². The Morgan fingerprint density at radius 3 is 2.76 bits per heavy atom. The van der Waals surface area contributed by atoms with Crippen LogP contribution in [0.25, 0.3) is 0 Å². The van der Waals surface area contributed by atoms with Gasteiger partial charge in [0.15, 0.2) is 0 Å². The van der Waals surface area contributed by atoms with E-state index in [-0.39, 0.29) is 0 Å². The molecule has 1 aliphatic rings. The number of rotatable bonds is 6. The second-order valence-electron chi connectivity index (χ2n) is 5.70. The molecule has 1 fully saturated rings. The Morgan fingerprint density at radius 1 is 1.47 bits per heavy atom. The molecule has 2 rings (SSSR count). The van der Waals surface area contributed by atoms with E-state index >= 15 is 0 Å². The second-order valence-corrected chi connectivity index (χ2v) is 5.70. The van der Waals surface area contributed by atoms with Crippen LogP contribution in [0.5, 0.6) is 0 Å². The molecule has 0 amide bonds. The van der Waals surface area contributed by atoms with Crippen molar-refractivity contribution in [1.82, 2.24) is 0 Å². The van der Waals surface area contributed by atoms with E-state index in [1.54, 1.807) is 0 Å². The maximum absolute atomic E-state index is 10.1. The first-order chi connectivity index (χ1) is 8.11. The Kier molecular flexibility index (Phi) is 3.93. The van der Waals surface area contributed by atoms with Gasteiger partial charge < -0.3 is 9.52 Å². The van der Waals surface area contributed by atoms with Gasteiger partial charge in [-0.25, -0.2) is 0 Å². The third-order valence-corrected chi connectivity index (χ3v) is 3.86. The Morgan fingerprint density at radius 2 is 2.18 bits per heavy atom. The zero-order valence-corrected chi connectivity index (χ0v) is 11.1. The molecule has 4 atom stereocenters. The highest BCUT2D eigenvalue weighted by Gasteiger charge is 2.36. The molecule has 1 saturated carbocycles. The summed E-state index contributed by atoms with van der Waals surface area (Å²) in [5.74, 6) is 3.73. The van der Waals surface area contributed by atoms with Crippen molar-refractivity contribution in [2.75, 3.05) is 0 Å². The fourth-order valence-electron chi connectivity index (χ4n) is 2.57. The first kappa shape index (κ1) is 12.7. The van der Waals surface area contributed by atoms with Gasteiger partial charge in [0, 0.05) is 5.92 Å². The van der Waals surface area contributed by atoms with Crippen LogP contribution in [0.3, 0.4) is 0 Å². The van der Waals surface area contributed by atoms with E-state index < -0.39 is 6.10 Å². The third-order valence-electron chi connectivity index (χ3n) is 3.86. The minimum absolute atomic E-state index is 0.431. The largest absolute Gasteiger partial charge is 0.463 e. The van der Waals surface area contributed by atoms with Crippen LogP contribution in [-0.4, -0.2) is 5.11 Å². The molecular formula is C15H24O2. The van der Waals surface area contributed by atoms with E-state index in [0.717, 1.165) is 23.9 Å². The molecule has 4 unspecified atom stereocenters. The van der Waals surface area contributed by atoms with Crippen LogP contribution < -0.4 is 0 Å². The fourth-order valence-corrected chi connectivity index (χ4v) is 2.57. The minimum Gasteiger partial charge on any atom is -0.463 e. The number of aliphatic hydroxyl groups is 1. The van der Waals surface area contributed by atoms with Gasteiger partial charge >= 0.3 is 0 Å². The molecule has 1 aromatic rings. The molecule has 1 N–H and O–H groups in total. The second kappa shape index (κ2) is 5.26. The maximum atomic E-state index is 10.1. The molecule has 0 bridgehead atoms. The van der Waals surface area contributed by atoms with Gasteiger partial charge in [0.1, 0.15) is 17.6 Å². The predicted molar refractivity (Wildman–Crippen MR) is 68.9 cm³/mol. The van der Waals surface area contributed by atoms with Gasteiger partial charge in [0.05, 0.1) is 0 Å². The predicted octanol–water partition coefficient (Wildman–Crippen LogP) is 4.26. The lowest BCUT2D eigenvalue weighted by Crippen LogP contribution is -2.03. The highest BCUT2D eigenvalue weighted by atomic mass is 16.4. The monoisotopic (exact) mass is 236 g/mol. The summed E-state index contributed by atoms with van der Waals surface area (Å²) in [4.78, 5) is 0. The van der Waals surface area contributed by atoms with Crippen LogP contribution in [0.15, 0.2) is 16.5 Å². The van der Waals surface area contributed by atoms with Crippen molar-refractivity contribution in [2.24, 2.45) is 11.8 Å². The molecule has 0 radical (unpaired) electrons. The average molecular weight is 236 g/mol. The fraction of sp³-hybridized carbons (Fsp3) is 0.733. The van der Waals surface area contributed by atoms with Crippen LogP contribution in [-0.2, 0) is 0 Å². The third kappa shape index (κ3) is 3.12.